The van der Waals surface area contributed by atoms with Gasteiger partial charge in [0.25, 0.3) is 0 Å². The summed E-state index contributed by atoms with van der Waals surface area (Å²) in [4.78, 5) is 41.7. The molecule has 1 aliphatic heterocycles. The topological polar surface area (TPSA) is 84.9 Å². The molecule has 2 amide bonds. The number of nitrogens with one attached hydrogen (secondary N) is 1. The van der Waals surface area contributed by atoms with Crippen LogP contribution in [-0.2, 0) is 23.8 Å². The van der Waals surface area contributed by atoms with Gasteiger partial charge in [0.1, 0.15) is 17.7 Å². The predicted octanol–water partition coefficient (Wildman–Crippen LogP) is 6.40. The molecule has 0 spiro atoms. The zero-order chi connectivity index (χ0) is 29.9. The van der Waals surface area contributed by atoms with E-state index in [0.29, 0.717) is 13.0 Å². The molecule has 1 fully saturated rings. The number of ether oxygens (including phenoxy) is 2. The van der Waals surface area contributed by atoms with Gasteiger partial charge in [-0.2, -0.15) is 0 Å². The lowest BCUT2D eigenvalue weighted by Gasteiger charge is -2.36. The lowest BCUT2D eigenvalue weighted by molar-refractivity contribution is -0.152. The molecular weight excluding hydrogens is 524 g/mol. The first-order chi connectivity index (χ1) is 18.6. The van der Waals surface area contributed by atoms with Gasteiger partial charge in [0.15, 0.2) is 0 Å². The molecule has 1 unspecified atom stereocenters. The van der Waals surface area contributed by atoms with Crippen LogP contribution in [0.25, 0.3) is 11.1 Å². The fourth-order valence-electron chi connectivity index (χ4n) is 5.10. The van der Waals surface area contributed by atoms with Crippen molar-refractivity contribution in [3.8, 4) is 11.1 Å². The first kappa shape index (κ1) is 31.5. The minimum atomic E-state index is -0.908. The second-order valence-electron chi connectivity index (χ2n) is 12.8. The van der Waals surface area contributed by atoms with Crippen molar-refractivity contribution < 1.29 is 23.9 Å². The van der Waals surface area contributed by atoms with Crippen LogP contribution in [0.1, 0.15) is 67.4 Å². The zero-order valence-electron chi connectivity index (χ0n) is 25.2. The summed E-state index contributed by atoms with van der Waals surface area (Å²) in [6, 6.07) is 16.8. The lowest BCUT2D eigenvalue weighted by atomic mass is 9.85. The van der Waals surface area contributed by atoms with E-state index in [1.807, 2.05) is 39.0 Å². The van der Waals surface area contributed by atoms with Gasteiger partial charge in [-0.1, -0.05) is 89.2 Å². The third-order valence-electron chi connectivity index (χ3n) is 6.83. The molecule has 1 heterocycles. The molecule has 0 aromatic heterocycles. The largest absolute Gasteiger partial charge is 0.467 e. The van der Waals surface area contributed by atoms with Crippen LogP contribution in [0.15, 0.2) is 54.6 Å². The molecule has 1 saturated heterocycles. The number of amides is 2. The third-order valence-corrected chi connectivity index (χ3v) is 8.29. The van der Waals surface area contributed by atoms with Crippen molar-refractivity contribution in [2.75, 3.05) is 13.7 Å². The smallest absolute Gasteiger partial charge is 0.408 e. The number of nitrogens with zero attached hydrogens (tertiary/aromatic N) is 1. The fraction of sp³-hybridized carbons (Fsp3) is 0.531. The van der Waals surface area contributed by atoms with Gasteiger partial charge in [0, 0.05) is 6.54 Å². The van der Waals surface area contributed by atoms with Crippen molar-refractivity contribution in [2.24, 2.45) is 5.41 Å². The summed E-state index contributed by atoms with van der Waals surface area (Å²) in [7, 11) is 1.34. The van der Waals surface area contributed by atoms with Crippen molar-refractivity contribution >= 4 is 29.7 Å². The SMILES string of the molecule is COC(=O)[C@@H]1C[C@@](SC(C)C)(c2ccc(-c3ccccc3)cc2)CN1C(=O)C(NC(=O)OC(C)(C)C)C(C)(C)C. The Kier molecular flexibility index (Phi) is 9.66. The van der Waals surface area contributed by atoms with E-state index in [1.54, 1.807) is 37.4 Å². The maximum atomic E-state index is 14.2. The van der Waals surface area contributed by atoms with Crippen molar-refractivity contribution in [1.29, 1.82) is 0 Å². The van der Waals surface area contributed by atoms with Crippen LogP contribution in [0.4, 0.5) is 4.79 Å². The average molecular weight is 569 g/mol. The third kappa shape index (κ3) is 7.59. The number of carbonyl (C=O) groups is 3. The molecule has 2 aromatic rings. The Balaban J connectivity index is 2.01. The van der Waals surface area contributed by atoms with Gasteiger partial charge in [0.05, 0.1) is 11.9 Å². The first-order valence-corrected chi connectivity index (χ1v) is 14.7. The molecule has 3 rings (SSSR count). The molecule has 2 aromatic carbocycles. The number of methoxy groups -OCH3 is 1. The monoisotopic (exact) mass is 568 g/mol. The molecule has 0 saturated carbocycles. The highest BCUT2D eigenvalue weighted by molar-refractivity contribution is 8.00. The second kappa shape index (κ2) is 12.2. The van der Waals surface area contributed by atoms with Crippen LogP contribution in [0, 0.1) is 5.41 Å². The summed E-state index contributed by atoms with van der Waals surface area (Å²) in [5.41, 5.74) is 1.91. The zero-order valence-corrected chi connectivity index (χ0v) is 26.1. The molecule has 40 heavy (non-hydrogen) atoms. The molecule has 1 N–H and O–H groups in total. The molecule has 0 radical (unpaired) electrons. The summed E-state index contributed by atoms with van der Waals surface area (Å²) in [5.74, 6) is -0.800. The standard InChI is InChI=1S/C32H44N2O5S/c1-21(2)40-32(24-17-15-23(16-18-24)22-13-11-10-12-14-22)19-25(28(36)38-9)34(20-32)27(35)26(30(3,4)5)33-29(37)39-31(6,7)8/h10-18,21,25-26H,19-20H2,1-9H3,(H,33,37)/t25-,26?,32-/m0/s1. The Morgan fingerprint density at radius 2 is 1.52 bits per heavy atom. The number of esters is 1. The van der Waals surface area contributed by atoms with Crippen LogP contribution in [-0.4, -0.2) is 59.5 Å². The quantitative estimate of drug-likeness (QED) is 0.389. The minimum Gasteiger partial charge on any atom is -0.467 e. The first-order valence-electron chi connectivity index (χ1n) is 13.8. The van der Waals surface area contributed by atoms with Gasteiger partial charge in [-0.05, 0) is 54.5 Å². The maximum Gasteiger partial charge on any atom is 0.408 e. The van der Waals surface area contributed by atoms with Crippen LogP contribution in [0.5, 0.6) is 0 Å². The lowest BCUT2D eigenvalue weighted by Crippen LogP contribution is -2.57. The summed E-state index contributed by atoms with van der Waals surface area (Å²) >= 11 is 1.74. The Morgan fingerprint density at radius 1 is 0.950 bits per heavy atom. The van der Waals surface area contributed by atoms with Gasteiger partial charge >= 0.3 is 12.1 Å². The highest BCUT2D eigenvalue weighted by Gasteiger charge is 2.53. The van der Waals surface area contributed by atoms with Crippen LogP contribution in [0.2, 0.25) is 0 Å². The van der Waals surface area contributed by atoms with Crippen LogP contribution in [0.3, 0.4) is 0 Å². The number of benzene rings is 2. The minimum absolute atomic E-state index is 0.237. The molecule has 3 atom stereocenters. The molecule has 218 valence electrons. The number of carbonyl (C=O) groups excluding carboxylic acids is 3. The van der Waals surface area contributed by atoms with E-state index in [1.165, 1.54) is 7.11 Å². The van der Waals surface area contributed by atoms with Crippen LogP contribution >= 0.6 is 11.8 Å². The molecule has 1 aliphatic rings. The average Bonchev–Trinajstić information content (AvgIpc) is 3.25. The van der Waals surface area contributed by atoms with Crippen molar-refractivity contribution in [1.82, 2.24) is 10.2 Å². The summed E-state index contributed by atoms with van der Waals surface area (Å²) in [6.45, 7) is 15.5. The van der Waals surface area contributed by atoms with E-state index >= 15 is 0 Å². The second-order valence-corrected chi connectivity index (χ2v) is 14.7. The summed E-state index contributed by atoms with van der Waals surface area (Å²) < 4.78 is 10.1. The Bertz CT molecular complexity index is 1180. The van der Waals surface area contributed by atoms with E-state index in [-0.39, 0.29) is 11.2 Å². The van der Waals surface area contributed by atoms with Crippen molar-refractivity contribution in [3.63, 3.8) is 0 Å². The number of alkyl carbamates (subject to hydrolysis) is 1. The predicted molar refractivity (Wildman–Crippen MR) is 161 cm³/mol. The van der Waals surface area contributed by atoms with Gasteiger partial charge < -0.3 is 19.7 Å². The Labute approximate surface area is 243 Å². The molecule has 0 bridgehead atoms. The molecule has 0 aliphatic carbocycles. The molecular formula is C32H44N2O5S. The number of hydrogen-bond donors (Lipinski definition) is 1. The normalized spacial score (nSPS) is 20.2. The van der Waals surface area contributed by atoms with Crippen molar-refractivity contribution in [2.45, 2.75) is 89.5 Å². The Morgan fingerprint density at radius 3 is 2.02 bits per heavy atom. The Hall–Kier alpha value is -3.00. The molecule has 8 heteroatoms. The number of thioether (sulfide) groups is 1. The van der Waals surface area contributed by atoms with E-state index in [0.717, 1.165) is 16.7 Å². The van der Waals surface area contributed by atoms with E-state index in [4.69, 9.17) is 9.47 Å². The van der Waals surface area contributed by atoms with E-state index < -0.39 is 39.9 Å². The highest BCUT2D eigenvalue weighted by atomic mass is 32.2. The number of hydrogen-bond acceptors (Lipinski definition) is 6. The van der Waals surface area contributed by atoms with Crippen LogP contribution < -0.4 is 5.32 Å². The number of likely N-dealkylation sites (tertiary alicyclic amines) is 1. The fourth-order valence-corrected chi connectivity index (χ4v) is 6.74. The van der Waals surface area contributed by atoms with Gasteiger partial charge in [-0.15, -0.1) is 11.8 Å². The highest BCUT2D eigenvalue weighted by Crippen LogP contribution is 2.49. The summed E-state index contributed by atoms with van der Waals surface area (Å²) in [6.07, 6.45) is -0.267. The van der Waals surface area contributed by atoms with Gasteiger partial charge in [-0.3, -0.25) is 4.79 Å². The van der Waals surface area contributed by atoms with Gasteiger partial charge in [-0.25, -0.2) is 9.59 Å². The van der Waals surface area contributed by atoms with Gasteiger partial charge in [0.2, 0.25) is 5.91 Å². The summed E-state index contributed by atoms with van der Waals surface area (Å²) in [5, 5.41) is 3.03. The maximum absolute atomic E-state index is 14.2. The van der Waals surface area contributed by atoms with E-state index in [9.17, 15) is 14.4 Å². The van der Waals surface area contributed by atoms with Crippen molar-refractivity contribution in [3.05, 3.63) is 60.2 Å². The number of rotatable bonds is 7. The van der Waals surface area contributed by atoms with E-state index in [2.05, 4.69) is 55.6 Å². The molecule has 7 nitrogen and oxygen atoms in total.